The van der Waals surface area contributed by atoms with E-state index in [9.17, 15) is 4.79 Å². The van der Waals surface area contributed by atoms with E-state index in [1.165, 1.54) is 0 Å². The van der Waals surface area contributed by atoms with Gasteiger partial charge in [0.25, 0.3) is 0 Å². The van der Waals surface area contributed by atoms with E-state index in [0.717, 1.165) is 14.5 Å². The van der Waals surface area contributed by atoms with Crippen LogP contribution in [0.15, 0.2) is 39.8 Å². The maximum atomic E-state index is 11.3. The summed E-state index contributed by atoms with van der Waals surface area (Å²) < 4.78 is 6.71. The SMILES string of the molecule is C=CCOC(=O)Cc1cccc(Br)c1Br. The fourth-order valence-electron chi connectivity index (χ4n) is 1.04. The number of halogens is 2. The highest BCUT2D eigenvalue weighted by atomic mass is 79.9. The molecule has 0 bridgehead atoms. The van der Waals surface area contributed by atoms with Crippen LogP contribution in [0.5, 0.6) is 0 Å². The quantitative estimate of drug-likeness (QED) is 0.623. The van der Waals surface area contributed by atoms with Crippen molar-refractivity contribution in [3.05, 3.63) is 45.4 Å². The maximum Gasteiger partial charge on any atom is 0.310 e. The Morgan fingerprint density at radius 1 is 1.47 bits per heavy atom. The summed E-state index contributed by atoms with van der Waals surface area (Å²) in [5.74, 6) is -0.256. The molecule has 0 aromatic heterocycles. The maximum absolute atomic E-state index is 11.3. The number of carbonyl (C=O) groups is 1. The topological polar surface area (TPSA) is 26.3 Å². The minimum atomic E-state index is -0.256. The highest BCUT2D eigenvalue weighted by molar-refractivity contribution is 9.13. The van der Waals surface area contributed by atoms with Crippen molar-refractivity contribution >= 4 is 37.8 Å². The van der Waals surface area contributed by atoms with Gasteiger partial charge in [-0.05, 0) is 43.5 Å². The fraction of sp³-hybridized carbons (Fsp3) is 0.182. The molecule has 0 saturated carbocycles. The van der Waals surface area contributed by atoms with Crippen LogP contribution in [-0.2, 0) is 16.0 Å². The summed E-state index contributed by atoms with van der Waals surface area (Å²) in [6.45, 7) is 3.73. The van der Waals surface area contributed by atoms with Gasteiger partial charge in [0.15, 0.2) is 0 Å². The van der Waals surface area contributed by atoms with Crippen molar-refractivity contribution < 1.29 is 9.53 Å². The number of rotatable bonds is 4. The minimum absolute atomic E-state index is 0.254. The number of carbonyl (C=O) groups excluding carboxylic acids is 1. The van der Waals surface area contributed by atoms with Crippen LogP contribution in [0.1, 0.15) is 5.56 Å². The van der Waals surface area contributed by atoms with Crippen LogP contribution in [0.2, 0.25) is 0 Å². The predicted octanol–water partition coefficient (Wildman–Crippen LogP) is 3.48. The standard InChI is InChI=1S/C11H10Br2O2/c1-2-6-15-10(14)7-8-4-3-5-9(12)11(8)13/h2-5H,1,6-7H2. The fourth-order valence-corrected chi connectivity index (χ4v) is 1.86. The molecular weight excluding hydrogens is 324 g/mol. The van der Waals surface area contributed by atoms with Gasteiger partial charge in [-0.1, -0.05) is 24.8 Å². The van der Waals surface area contributed by atoms with Crippen molar-refractivity contribution in [1.29, 1.82) is 0 Å². The summed E-state index contributed by atoms with van der Waals surface area (Å²) in [6, 6.07) is 5.66. The van der Waals surface area contributed by atoms with Gasteiger partial charge in [-0.25, -0.2) is 0 Å². The van der Waals surface area contributed by atoms with Gasteiger partial charge in [0.1, 0.15) is 6.61 Å². The van der Waals surface area contributed by atoms with Gasteiger partial charge < -0.3 is 4.74 Å². The first-order chi connectivity index (χ1) is 7.15. The molecule has 0 saturated heterocycles. The number of hydrogen-bond acceptors (Lipinski definition) is 2. The summed E-state index contributed by atoms with van der Waals surface area (Å²) in [7, 11) is 0. The smallest absolute Gasteiger partial charge is 0.310 e. The molecule has 0 aliphatic heterocycles. The highest BCUT2D eigenvalue weighted by Gasteiger charge is 2.08. The first-order valence-electron chi connectivity index (χ1n) is 4.34. The van der Waals surface area contributed by atoms with Gasteiger partial charge >= 0.3 is 5.97 Å². The van der Waals surface area contributed by atoms with E-state index in [2.05, 4.69) is 38.4 Å². The molecule has 0 atom stereocenters. The Hall–Kier alpha value is -0.610. The zero-order valence-corrected chi connectivity index (χ0v) is 11.2. The van der Waals surface area contributed by atoms with Crippen LogP contribution >= 0.6 is 31.9 Å². The van der Waals surface area contributed by atoms with Crippen LogP contribution < -0.4 is 0 Å². The molecular formula is C11H10Br2O2. The largest absolute Gasteiger partial charge is 0.461 e. The highest BCUT2D eigenvalue weighted by Crippen LogP contribution is 2.26. The van der Waals surface area contributed by atoms with Gasteiger partial charge in [-0.15, -0.1) is 0 Å². The molecule has 15 heavy (non-hydrogen) atoms. The molecule has 0 spiro atoms. The zero-order valence-electron chi connectivity index (χ0n) is 8.00. The van der Waals surface area contributed by atoms with Crippen molar-refractivity contribution in [3.8, 4) is 0 Å². The van der Waals surface area contributed by atoms with Gasteiger partial charge in [-0.2, -0.15) is 0 Å². The molecule has 1 aromatic rings. The Kier molecular flexibility index (Phi) is 5.05. The molecule has 0 aliphatic carbocycles. The molecule has 0 unspecified atom stereocenters. The average molecular weight is 334 g/mol. The summed E-state index contributed by atoms with van der Waals surface area (Å²) in [6.07, 6.45) is 1.81. The van der Waals surface area contributed by atoms with Crippen molar-refractivity contribution in [2.45, 2.75) is 6.42 Å². The lowest BCUT2D eigenvalue weighted by Gasteiger charge is -2.05. The average Bonchev–Trinajstić information content (AvgIpc) is 2.22. The van der Waals surface area contributed by atoms with E-state index < -0.39 is 0 Å². The lowest BCUT2D eigenvalue weighted by molar-refractivity contribution is -0.141. The van der Waals surface area contributed by atoms with E-state index in [4.69, 9.17) is 4.74 Å². The Labute approximate surface area is 106 Å². The number of esters is 1. The first kappa shape index (κ1) is 12.5. The van der Waals surface area contributed by atoms with Gasteiger partial charge in [-0.3, -0.25) is 4.79 Å². The van der Waals surface area contributed by atoms with Gasteiger partial charge in [0, 0.05) is 8.95 Å². The molecule has 0 fully saturated rings. The summed E-state index contributed by atoms with van der Waals surface area (Å²) in [5, 5.41) is 0. The predicted molar refractivity (Wildman–Crippen MR) is 66.7 cm³/mol. The normalized spacial score (nSPS) is 9.73. The number of benzene rings is 1. The molecule has 0 heterocycles. The van der Waals surface area contributed by atoms with Crippen molar-refractivity contribution in [3.63, 3.8) is 0 Å². The number of ether oxygens (including phenoxy) is 1. The van der Waals surface area contributed by atoms with Crippen molar-refractivity contribution in [2.75, 3.05) is 6.61 Å². The van der Waals surface area contributed by atoms with Crippen LogP contribution in [0, 0.1) is 0 Å². The van der Waals surface area contributed by atoms with E-state index in [1.54, 1.807) is 6.08 Å². The van der Waals surface area contributed by atoms with Crippen molar-refractivity contribution in [1.82, 2.24) is 0 Å². The Bertz CT molecular complexity index is 375. The molecule has 0 amide bonds. The van der Waals surface area contributed by atoms with Crippen LogP contribution in [0.3, 0.4) is 0 Å². The van der Waals surface area contributed by atoms with Crippen LogP contribution in [0.4, 0.5) is 0 Å². The third kappa shape index (κ3) is 3.80. The Morgan fingerprint density at radius 2 is 2.20 bits per heavy atom. The summed E-state index contributed by atoms with van der Waals surface area (Å²) >= 11 is 6.78. The first-order valence-corrected chi connectivity index (χ1v) is 5.93. The second-order valence-electron chi connectivity index (χ2n) is 2.86. The minimum Gasteiger partial charge on any atom is -0.461 e. The molecule has 0 aliphatic rings. The molecule has 1 rings (SSSR count). The summed E-state index contributed by atoms with van der Waals surface area (Å²) in [4.78, 5) is 11.3. The number of hydrogen-bond donors (Lipinski definition) is 0. The molecule has 2 nitrogen and oxygen atoms in total. The van der Waals surface area contributed by atoms with Crippen LogP contribution in [-0.4, -0.2) is 12.6 Å². The summed E-state index contributed by atoms with van der Waals surface area (Å²) in [5.41, 5.74) is 0.901. The second kappa shape index (κ2) is 6.08. The van der Waals surface area contributed by atoms with E-state index in [1.807, 2.05) is 18.2 Å². The Morgan fingerprint density at radius 3 is 2.87 bits per heavy atom. The van der Waals surface area contributed by atoms with E-state index in [-0.39, 0.29) is 19.0 Å². The van der Waals surface area contributed by atoms with Crippen molar-refractivity contribution in [2.24, 2.45) is 0 Å². The second-order valence-corrected chi connectivity index (χ2v) is 4.51. The lowest BCUT2D eigenvalue weighted by atomic mass is 10.1. The van der Waals surface area contributed by atoms with Crippen LogP contribution in [0.25, 0.3) is 0 Å². The molecule has 0 radical (unpaired) electrons. The third-order valence-corrected chi connectivity index (χ3v) is 3.86. The van der Waals surface area contributed by atoms with E-state index in [0.29, 0.717) is 0 Å². The monoisotopic (exact) mass is 332 g/mol. The molecule has 1 aromatic carbocycles. The molecule has 80 valence electrons. The molecule has 0 N–H and O–H groups in total. The van der Waals surface area contributed by atoms with E-state index >= 15 is 0 Å². The Balaban J connectivity index is 2.68. The lowest BCUT2D eigenvalue weighted by Crippen LogP contribution is -2.08. The third-order valence-electron chi connectivity index (χ3n) is 1.73. The molecule has 4 heteroatoms. The van der Waals surface area contributed by atoms with Gasteiger partial charge in [0.2, 0.25) is 0 Å². The van der Waals surface area contributed by atoms with Gasteiger partial charge in [0.05, 0.1) is 6.42 Å². The zero-order chi connectivity index (χ0) is 11.3.